The number of phenols is 1. The van der Waals surface area contributed by atoms with E-state index >= 15 is 0 Å². The largest absolute Gasteiger partial charge is 0.508 e. The van der Waals surface area contributed by atoms with Crippen LogP contribution in [0.3, 0.4) is 0 Å². The molecule has 106 valence electrons. The summed E-state index contributed by atoms with van der Waals surface area (Å²) >= 11 is 0. The normalized spacial score (nSPS) is 23.4. The minimum Gasteiger partial charge on any atom is -0.508 e. The molecule has 2 rings (SSSR count). The third-order valence-corrected chi connectivity index (χ3v) is 4.12. The average Bonchev–Trinajstić information content (AvgIpc) is 2.40. The highest BCUT2D eigenvalue weighted by atomic mass is 16.3. The van der Waals surface area contributed by atoms with Crippen LogP contribution in [0.4, 0.5) is 0 Å². The summed E-state index contributed by atoms with van der Waals surface area (Å²) in [6.45, 7) is 9.33. The van der Waals surface area contributed by atoms with Crippen molar-refractivity contribution in [2.24, 2.45) is 5.73 Å². The van der Waals surface area contributed by atoms with E-state index in [0.717, 1.165) is 31.7 Å². The first-order valence-corrected chi connectivity index (χ1v) is 7.12. The van der Waals surface area contributed by atoms with Gasteiger partial charge in [-0.2, -0.15) is 0 Å². The van der Waals surface area contributed by atoms with Crippen LogP contribution in [-0.2, 0) is 0 Å². The van der Waals surface area contributed by atoms with E-state index in [9.17, 15) is 5.11 Å². The molecule has 1 aromatic rings. The van der Waals surface area contributed by atoms with Crippen molar-refractivity contribution in [1.29, 1.82) is 0 Å². The highest BCUT2D eigenvalue weighted by Crippen LogP contribution is 2.25. The molecule has 1 aliphatic rings. The summed E-state index contributed by atoms with van der Waals surface area (Å²) in [4.78, 5) is 4.93. The summed E-state index contributed by atoms with van der Waals surface area (Å²) in [5, 5.41) is 9.62. The molecule has 0 radical (unpaired) electrons. The van der Waals surface area contributed by atoms with Crippen LogP contribution in [0.1, 0.15) is 25.5 Å². The summed E-state index contributed by atoms with van der Waals surface area (Å²) in [6, 6.07) is 8.23. The van der Waals surface area contributed by atoms with Gasteiger partial charge in [-0.1, -0.05) is 19.1 Å². The van der Waals surface area contributed by atoms with E-state index in [4.69, 9.17) is 5.73 Å². The molecule has 1 saturated heterocycles. The van der Waals surface area contributed by atoms with Gasteiger partial charge in [-0.05, 0) is 31.2 Å². The van der Waals surface area contributed by atoms with Gasteiger partial charge in [-0.15, -0.1) is 0 Å². The second-order valence-electron chi connectivity index (χ2n) is 5.32. The van der Waals surface area contributed by atoms with Crippen LogP contribution >= 0.6 is 0 Å². The van der Waals surface area contributed by atoms with Crippen molar-refractivity contribution in [1.82, 2.24) is 9.80 Å². The fraction of sp³-hybridized carbons (Fsp3) is 0.600. The fourth-order valence-electron chi connectivity index (χ4n) is 3.00. The number of nitrogens with two attached hydrogens (primary N) is 1. The number of aromatic hydroxyl groups is 1. The van der Waals surface area contributed by atoms with Crippen LogP contribution in [0.15, 0.2) is 24.3 Å². The first kappa shape index (κ1) is 14.3. The van der Waals surface area contributed by atoms with E-state index < -0.39 is 0 Å². The maximum atomic E-state index is 9.62. The zero-order valence-electron chi connectivity index (χ0n) is 11.9. The third-order valence-electron chi connectivity index (χ3n) is 4.12. The monoisotopic (exact) mass is 263 g/mol. The molecule has 1 fully saturated rings. The molecule has 2 unspecified atom stereocenters. The van der Waals surface area contributed by atoms with Crippen LogP contribution in [0.2, 0.25) is 0 Å². The molecule has 0 bridgehead atoms. The lowest BCUT2D eigenvalue weighted by atomic mass is 10.0. The Morgan fingerprint density at radius 1 is 1.42 bits per heavy atom. The van der Waals surface area contributed by atoms with Gasteiger partial charge in [0.25, 0.3) is 0 Å². The summed E-state index contributed by atoms with van der Waals surface area (Å²) in [5.41, 5.74) is 7.07. The van der Waals surface area contributed by atoms with E-state index in [2.05, 4.69) is 23.6 Å². The molecule has 4 heteroatoms. The Hall–Kier alpha value is -1.10. The molecule has 0 spiro atoms. The van der Waals surface area contributed by atoms with Crippen molar-refractivity contribution in [3.05, 3.63) is 29.8 Å². The Kier molecular flexibility index (Phi) is 4.80. The Labute approximate surface area is 115 Å². The van der Waals surface area contributed by atoms with E-state index in [1.165, 1.54) is 0 Å². The van der Waals surface area contributed by atoms with Crippen molar-refractivity contribution in [3.63, 3.8) is 0 Å². The number of hydrogen-bond acceptors (Lipinski definition) is 4. The highest BCUT2D eigenvalue weighted by molar-refractivity contribution is 5.29. The summed E-state index contributed by atoms with van der Waals surface area (Å²) < 4.78 is 0. The Morgan fingerprint density at radius 2 is 2.21 bits per heavy atom. The van der Waals surface area contributed by atoms with Crippen LogP contribution in [0.5, 0.6) is 5.75 Å². The lowest BCUT2D eigenvalue weighted by molar-refractivity contribution is 0.0606. The van der Waals surface area contributed by atoms with Crippen LogP contribution < -0.4 is 5.73 Å². The molecule has 1 aliphatic heterocycles. The number of phenolic OH excluding ortho intramolecular Hbond substituents is 1. The smallest absolute Gasteiger partial charge is 0.115 e. The Morgan fingerprint density at radius 3 is 2.79 bits per heavy atom. The predicted molar refractivity (Wildman–Crippen MR) is 78.2 cm³/mol. The first-order valence-electron chi connectivity index (χ1n) is 7.12. The van der Waals surface area contributed by atoms with Gasteiger partial charge in [0.05, 0.1) is 0 Å². The third kappa shape index (κ3) is 3.26. The molecule has 1 aromatic carbocycles. The topological polar surface area (TPSA) is 52.7 Å². The van der Waals surface area contributed by atoms with E-state index in [-0.39, 0.29) is 6.04 Å². The molecule has 0 saturated carbocycles. The zero-order valence-corrected chi connectivity index (χ0v) is 11.9. The van der Waals surface area contributed by atoms with E-state index in [1.807, 2.05) is 18.2 Å². The van der Waals surface area contributed by atoms with Gasteiger partial charge in [-0.25, -0.2) is 0 Å². The number of likely N-dealkylation sites (N-methyl/N-ethyl adjacent to an activating group) is 1. The minimum absolute atomic E-state index is 0.202. The summed E-state index contributed by atoms with van der Waals surface area (Å²) in [5.74, 6) is 0.316. The molecular formula is C15H25N3O. The predicted octanol–water partition coefficient (Wildman–Crippen LogP) is 1.42. The Balaban J connectivity index is 2.10. The average molecular weight is 263 g/mol. The van der Waals surface area contributed by atoms with Gasteiger partial charge in [0.2, 0.25) is 0 Å². The molecule has 0 amide bonds. The maximum absolute atomic E-state index is 9.62. The van der Waals surface area contributed by atoms with Gasteiger partial charge in [0, 0.05) is 38.3 Å². The van der Waals surface area contributed by atoms with Crippen molar-refractivity contribution < 1.29 is 5.11 Å². The van der Waals surface area contributed by atoms with Crippen molar-refractivity contribution in [2.45, 2.75) is 25.9 Å². The van der Waals surface area contributed by atoms with Crippen LogP contribution in [-0.4, -0.2) is 53.7 Å². The van der Waals surface area contributed by atoms with Gasteiger partial charge in [0.1, 0.15) is 5.75 Å². The quantitative estimate of drug-likeness (QED) is 0.862. The first-order chi connectivity index (χ1) is 9.15. The highest BCUT2D eigenvalue weighted by Gasteiger charge is 2.27. The molecule has 1 heterocycles. The lowest BCUT2D eigenvalue weighted by Crippen LogP contribution is -2.53. The van der Waals surface area contributed by atoms with E-state index in [0.29, 0.717) is 18.3 Å². The summed E-state index contributed by atoms with van der Waals surface area (Å²) in [7, 11) is 0. The van der Waals surface area contributed by atoms with Gasteiger partial charge in [-0.3, -0.25) is 9.80 Å². The van der Waals surface area contributed by atoms with Gasteiger partial charge in [0.15, 0.2) is 0 Å². The SMILES string of the molecule is CCN1CCN(C(CN)c2cccc(O)c2)CC1C. The number of hydrogen-bond donors (Lipinski definition) is 2. The lowest BCUT2D eigenvalue weighted by Gasteiger charge is -2.42. The number of benzene rings is 1. The number of nitrogens with zero attached hydrogens (tertiary/aromatic N) is 2. The fourth-order valence-corrected chi connectivity index (χ4v) is 3.00. The molecule has 4 nitrogen and oxygen atoms in total. The number of rotatable bonds is 4. The van der Waals surface area contributed by atoms with Crippen LogP contribution in [0.25, 0.3) is 0 Å². The molecule has 0 aliphatic carbocycles. The van der Waals surface area contributed by atoms with Crippen molar-refractivity contribution in [3.8, 4) is 5.75 Å². The summed E-state index contributed by atoms with van der Waals surface area (Å²) in [6.07, 6.45) is 0. The molecule has 0 aromatic heterocycles. The molecule has 2 atom stereocenters. The molecule has 3 N–H and O–H groups in total. The van der Waals surface area contributed by atoms with Gasteiger partial charge < -0.3 is 10.8 Å². The van der Waals surface area contributed by atoms with Crippen molar-refractivity contribution >= 4 is 0 Å². The second kappa shape index (κ2) is 6.37. The van der Waals surface area contributed by atoms with Gasteiger partial charge >= 0.3 is 0 Å². The zero-order chi connectivity index (χ0) is 13.8. The molecule has 19 heavy (non-hydrogen) atoms. The van der Waals surface area contributed by atoms with Crippen molar-refractivity contribution in [2.75, 3.05) is 32.7 Å². The molecular weight excluding hydrogens is 238 g/mol. The standard InChI is InChI=1S/C15H25N3O/c1-3-17-7-8-18(11-12(17)2)15(10-16)13-5-4-6-14(19)9-13/h4-6,9,12,15,19H,3,7-8,10-11,16H2,1-2H3. The Bertz CT molecular complexity index is 410. The maximum Gasteiger partial charge on any atom is 0.115 e. The van der Waals surface area contributed by atoms with E-state index in [1.54, 1.807) is 6.07 Å². The minimum atomic E-state index is 0.202. The number of piperazine rings is 1. The second-order valence-corrected chi connectivity index (χ2v) is 5.32. The van der Waals surface area contributed by atoms with Crippen LogP contribution in [0, 0.1) is 0 Å².